The van der Waals surface area contributed by atoms with Crippen LogP contribution in [-0.4, -0.2) is 53.9 Å². The van der Waals surface area contributed by atoms with Crippen LogP contribution in [0.1, 0.15) is 6.42 Å². The minimum absolute atomic E-state index is 0.0935. The standard InChI is InChI=1S/C6H12O4.CH3NO/c7-2-4-1-5(8)6(9)3-10-4;1-2-3/h4-9H,1-3H2;1H3. The van der Waals surface area contributed by atoms with E-state index < -0.39 is 12.2 Å². The highest BCUT2D eigenvalue weighted by Crippen LogP contribution is 2.13. The van der Waals surface area contributed by atoms with Gasteiger partial charge in [0.1, 0.15) is 6.10 Å². The van der Waals surface area contributed by atoms with Gasteiger partial charge in [0.2, 0.25) is 0 Å². The van der Waals surface area contributed by atoms with E-state index in [0.29, 0.717) is 6.42 Å². The normalized spacial score (nSPS) is 33.1. The van der Waals surface area contributed by atoms with Crippen molar-refractivity contribution < 1.29 is 20.1 Å². The molecule has 3 N–H and O–H groups in total. The zero-order valence-corrected chi connectivity index (χ0v) is 7.46. The third-order valence-electron chi connectivity index (χ3n) is 1.65. The average molecular weight is 193 g/mol. The third-order valence-corrected chi connectivity index (χ3v) is 1.65. The van der Waals surface area contributed by atoms with Crippen LogP contribution in [-0.2, 0) is 4.74 Å². The Bertz CT molecular complexity index is 143. The predicted octanol–water partition coefficient (Wildman–Crippen LogP) is -1.13. The Morgan fingerprint density at radius 3 is 2.38 bits per heavy atom. The zero-order valence-electron chi connectivity index (χ0n) is 7.46. The molecule has 0 aliphatic carbocycles. The van der Waals surface area contributed by atoms with Crippen LogP contribution in [0.4, 0.5) is 0 Å². The van der Waals surface area contributed by atoms with E-state index in [1.165, 1.54) is 7.05 Å². The van der Waals surface area contributed by atoms with Crippen LogP contribution in [0.2, 0.25) is 0 Å². The first kappa shape index (κ1) is 12.4. The van der Waals surface area contributed by atoms with Crippen molar-refractivity contribution in [2.45, 2.75) is 24.7 Å². The predicted molar refractivity (Wildman–Crippen MR) is 45.2 cm³/mol. The van der Waals surface area contributed by atoms with Crippen molar-refractivity contribution in [3.8, 4) is 0 Å². The lowest BCUT2D eigenvalue weighted by atomic mass is 10.0. The van der Waals surface area contributed by atoms with Crippen LogP contribution >= 0.6 is 0 Å². The number of rotatable bonds is 1. The van der Waals surface area contributed by atoms with Gasteiger partial charge >= 0.3 is 0 Å². The van der Waals surface area contributed by atoms with Gasteiger partial charge in [0, 0.05) is 6.42 Å². The molecule has 1 aliphatic rings. The van der Waals surface area contributed by atoms with Crippen LogP contribution in [0.25, 0.3) is 0 Å². The molecule has 1 aliphatic heterocycles. The molecule has 0 saturated carbocycles. The Morgan fingerprint density at radius 1 is 1.46 bits per heavy atom. The Hall–Kier alpha value is -0.560. The minimum Gasteiger partial charge on any atom is -0.394 e. The highest BCUT2D eigenvalue weighted by molar-refractivity contribution is 4.76. The molecule has 13 heavy (non-hydrogen) atoms. The summed E-state index contributed by atoms with van der Waals surface area (Å²) in [6, 6.07) is 0. The molecule has 3 unspecified atom stereocenters. The smallest absolute Gasteiger partial charge is 0.103 e. The van der Waals surface area contributed by atoms with Crippen molar-refractivity contribution in [3.05, 3.63) is 4.91 Å². The largest absolute Gasteiger partial charge is 0.394 e. The SMILES string of the molecule is CN=O.OCC1CC(O)C(O)CO1. The molecule has 78 valence electrons. The van der Waals surface area contributed by atoms with Crippen LogP contribution in [0.3, 0.4) is 0 Å². The number of aliphatic hydroxyl groups excluding tert-OH is 3. The maximum absolute atomic E-state index is 9.04. The summed E-state index contributed by atoms with van der Waals surface area (Å²) in [5, 5.41) is 28.8. The molecule has 0 aromatic rings. The fraction of sp³-hybridized carbons (Fsp3) is 1.00. The molecule has 1 saturated heterocycles. The summed E-state index contributed by atoms with van der Waals surface area (Å²) < 4.78 is 4.95. The molecule has 0 aromatic carbocycles. The van der Waals surface area contributed by atoms with E-state index in [4.69, 9.17) is 25.0 Å². The van der Waals surface area contributed by atoms with Gasteiger partial charge in [0.25, 0.3) is 0 Å². The van der Waals surface area contributed by atoms with Crippen LogP contribution in [0, 0.1) is 4.91 Å². The summed E-state index contributed by atoms with van der Waals surface area (Å²) in [5.74, 6) is 0. The third kappa shape index (κ3) is 4.89. The van der Waals surface area contributed by atoms with Crippen molar-refractivity contribution in [1.29, 1.82) is 0 Å². The Morgan fingerprint density at radius 2 is 2.00 bits per heavy atom. The molecular weight excluding hydrogens is 178 g/mol. The van der Waals surface area contributed by atoms with Gasteiger partial charge in [-0.1, -0.05) is 5.18 Å². The lowest BCUT2D eigenvalue weighted by Crippen LogP contribution is -2.42. The van der Waals surface area contributed by atoms with Gasteiger partial charge in [-0.15, -0.1) is 0 Å². The maximum atomic E-state index is 9.04. The fourth-order valence-corrected chi connectivity index (χ4v) is 0.967. The number of aliphatic hydroxyl groups is 3. The molecule has 0 bridgehead atoms. The first-order valence-corrected chi connectivity index (χ1v) is 3.95. The number of nitrogens with zero attached hydrogens (tertiary/aromatic N) is 1. The van der Waals surface area contributed by atoms with Gasteiger partial charge in [-0.3, -0.25) is 0 Å². The van der Waals surface area contributed by atoms with E-state index in [-0.39, 0.29) is 19.3 Å². The molecule has 3 atom stereocenters. The molecular formula is C7H15NO5. The molecule has 6 heteroatoms. The lowest BCUT2D eigenvalue weighted by Gasteiger charge is -2.29. The maximum Gasteiger partial charge on any atom is 0.103 e. The Kier molecular flexibility index (Phi) is 6.61. The summed E-state index contributed by atoms with van der Waals surface area (Å²) in [6.07, 6.45) is -1.52. The first-order chi connectivity index (χ1) is 6.15. The molecule has 0 amide bonds. The van der Waals surface area contributed by atoms with Gasteiger partial charge in [-0.25, -0.2) is 0 Å². The van der Waals surface area contributed by atoms with E-state index in [9.17, 15) is 0 Å². The second kappa shape index (κ2) is 6.90. The van der Waals surface area contributed by atoms with Crippen molar-refractivity contribution in [1.82, 2.24) is 0 Å². The lowest BCUT2D eigenvalue weighted by molar-refractivity contribution is -0.131. The molecule has 1 heterocycles. The number of hydrogen-bond donors (Lipinski definition) is 3. The van der Waals surface area contributed by atoms with Gasteiger partial charge in [0.15, 0.2) is 0 Å². The summed E-state index contributed by atoms with van der Waals surface area (Å²) in [7, 11) is 1.19. The van der Waals surface area contributed by atoms with Gasteiger partial charge < -0.3 is 20.1 Å². The summed E-state index contributed by atoms with van der Waals surface area (Å²) in [6.45, 7) is 0.0240. The van der Waals surface area contributed by atoms with E-state index in [0.717, 1.165) is 0 Å². The van der Waals surface area contributed by atoms with Gasteiger partial charge in [0.05, 0.1) is 32.5 Å². The van der Waals surface area contributed by atoms with E-state index >= 15 is 0 Å². The fourth-order valence-electron chi connectivity index (χ4n) is 0.967. The van der Waals surface area contributed by atoms with E-state index in [1.807, 2.05) is 0 Å². The zero-order chi connectivity index (χ0) is 10.3. The highest BCUT2D eigenvalue weighted by Gasteiger charge is 2.27. The summed E-state index contributed by atoms with van der Waals surface area (Å²) in [5.41, 5.74) is 0. The number of nitroso groups, excluding NO2 is 1. The quantitative estimate of drug-likeness (QED) is 0.458. The molecule has 0 spiro atoms. The van der Waals surface area contributed by atoms with E-state index in [2.05, 4.69) is 5.18 Å². The number of hydrogen-bond acceptors (Lipinski definition) is 6. The molecule has 0 radical (unpaired) electrons. The van der Waals surface area contributed by atoms with Crippen LogP contribution in [0.5, 0.6) is 0 Å². The summed E-state index contributed by atoms with van der Waals surface area (Å²) >= 11 is 0. The van der Waals surface area contributed by atoms with Crippen molar-refractivity contribution in [3.63, 3.8) is 0 Å². The highest BCUT2D eigenvalue weighted by atomic mass is 16.5. The van der Waals surface area contributed by atoms with Gasteiger partial charge in [-0.05, 0) is 0 Å². The van der Waals surface area contributed by atoms with E-state index in [1.54, 1.807) is 0 Å². The molecule has 1 fully saturated rings. The second-order valence-corrected chi connectivity index (χ2v) is 2.69. The van der Waals surface area contributed by atoms with Crippen molar-refractivity contribution >= 4 is 0 Å². The van der Waals surface area contributed by atoms with Crippen LogP contribution < -0.4 is 0 Å². The van der Waals surface area contributed by atoms with Crippen LogP contribution in [0.15, 0.2) is 5.18 Å². The van der Waals surface area contributed by atoms with Crippen molar-refractivity contribution in [2.75, 3.05) is 20.3 Å². The molecule has 0 aromatic heterocycles. The summed E-state index contributed by atoms with van der Waals surface area (Å²) in [4.78, 5) is 8.56. The molecule has 1 rings (SSSR count). The minimum atomic E-state index is -0.789. The Balaban J connectivity index is 0.000000424. The first-order valence-electron chi connectivity index (χ1n) is 3.95. The Labute approximate surface area is 76.1 Å². The second-order valence-electron chi connectivity index (χ2n) is 2.69. The van der Waals surface area contributed by atoms with Crippen molar-refractivity contribution in [2.24, 2.45) is 5.18 Å². The monoisotopic (exact) mass is 193 g/mol. The van der Waals surface area contributed by atoms with Gasteiger partial charge in [-0.2, -0.15) is 4.91 Å². The number of ether oxygens (including phenoxy) is 1. The molecule has 6 nitrogen and oxygen atoms in total. The topological polar surface area (TPSA) is 99.4 Å². The average Bonchev–Trinajstić information content (AvgIpc) is 2.11.